The molecule has 8 aromatic rings. The van der Waals surface area contributed by atoms with Gasteiger partial charge in [-0.3, -0.25) is 9.55 Å². The molecule has 4 nitrogen and oxygen atoms in total. The second-order valence-corrected chi connectivity index (χ2v) is 19.2. The van der Waals surface area contributed by atoms with Crippen LogP contribution in [0.15, 0.2) is 134 Å². The summed E-state index contributed by atoms with van der Waals surface area (Å²) in [7, 11) is 0. The Balaban J connectivity index is 0.00000612. The molecule has 0 amide bonds. The number of pyridine rings is 1. The Kier molecular flexibility index (Phi) is 10.6. The fourth-order valence-electron chi connectivity index (χ4n) is 8.05. The van der Waals surface area contributed by atoms with Gasteiger partial charge in [-0.2, -0.15) is 0 Å². The van der Waals surface area contributed by atoms with E-state index in [1.807, 2.05) is 73.8 Å². The average Bonchev–Trinajstić information content (AvgIpc) is 3.62. The van der Waals surface area contributed by atoms with Crippen LogP contribution in [0.1, 0.15) is 94.2 Å². The number of phenols is 1. The smallest absolute Gasteiger partial charge is 0.148 e. The van der Waals surface area contributed by atoms with E-state index >= 15 is 0 Å². The largest absolute Gasteiger partial charge is 0.507 e. The maximum atomic E-state index is 12.2. The van der Waals surface area contributed by atoms with E-state index in [2.05, 4.69) is 128 Å². The number of phenolic OH excluding ortho intramolecular Hbond substituents is 1. The van der Waals surface area contributed by atoms with E-state index in [-0.39, 0.29) is 48.6 Å². The van der Waals surface area contributed by atoms with Crippen LogP contribution in [0.2, 0.25) is 0 Å². The van der Waals surface area contributed by atoms with Gasteiger partial charge in [0, 0.05) is 48.2 Å². The van der Waals surface area contributed by atoms with Crippen molar-refractivity contribution in [3.63, 3.8) is 0 Å². The Hall–Kier alpha value is -5.57. The van der Waals surface area contributed by atoms with Crippen molar-refractivity contribution in [3.05, 3.63) is 167 Å². The monoisotopic (exact) mass is 984 g/mol. The van der Waals surface area contributed by atoms with Crippen molar-refractivity contribution in [2.45, 2.75) is 92.3 Å². The van der Waals surface area contributed by atoms with E-state index < -0.39 is 6.85 Å². The topological polar surface area (TPSA) is 50.9 Å². The van der Waals surface area contributed by atoms with Gasteiger partial charge in [0.25, 0.3) is 0 Å². The molecular formula is C56H56N3OPt-. The Morgan fingerprint density at radius 3 is 1.95 bits per heavy atom. The summed E-state index contributed by atoms with van der Waals surface area (Å²) in [6, 6.07) is 46.5. The quantitative estimate of drug-likeness (QED) is 0.169. The predicted octanol–water partition coefficient (Wildman–Crippen LogP) is 14.8. The number of imidazole rings is 1. The van der Waals surface area contributed by atoms with Gasteiger partial charge < -0.3 is 5.11 Å². The van der Waals surface area contributed by atoms with Crippen LogP contribution in [0.25, 0.3) is 72.7 Å². The Morgan fingerprint density at radius 2 is 1.28 bits per heavy atom. The van der Waals surface area contributed by atoms with Gasteiger partial charge in [-0.1, -0.05) is 164 Å². The number of hydrogen-bond acceptors (Lipinski definition) is 3. The third-order valence-corrected chi connectivity index (χ3v) is 11.5. The number of nitrogens with zero attached hydrogens (tertiary/aromatic N) is 3. The molecule has 0 bridgehead atoms. The Bertz CT molecular complexity index is 3000. The minimum atomic E-state index is -2.32. The van der Waals surface area contributed by atoms with Gasteiger partial charge in [-0.25, -0.2) is 4.98 Å². The van der Waals surface area contributed by atoms with Crippen molar-refractivity contribution in [1.29, 1.82) is 0 Å². The van der Waals surface area contributed by atoms with Crippen molar-refractivity contribution in [2.75, 3.05) is 0 Å². The van der Waals surface area contributed by atoms with Crippen molar-refractivity contribution >= 4 is 11.0 Å². The van der Waals surface area contributed by atoms with Gasteiger partial charge in [0.1, 0.15) is 11.6 Å². The predicted molar refractivity (Wildman–Crippen MR) is 252 cm³/mol. The number of fused-ring (bicyclic) bond motifs is 1. The molecule has 8 rings (SSSR count). The zero-order valence-electron chi connectivity index (χ0n) is 39.8. The van der Waals surface area contributed by atoms with E-state index in [0.29, 0.717) is 11.4 Å². The van der Waals surface area contributed by atoms with Crippen LogP contribution in [-0.2, 0) is 37.3 Å². The van der Waals surface area contributed by atoms with Crippen LogP contribution in [0.4, 0.5) is 0 Å². The maximum absolute atomic E-state index is 12.2. The summed E-state index contributed by atoms with van der Waals surface area (Å²) >= 11 is 0. The number of hydrogen-bond donors (Lipinski definition) is 1. The summed E-state index contributed by atoms with van der Waals surface area (Å²) in [6.45, 7) is 19.3. The zero-order chi connectivity index (χ0) is 45.2. The van der Waals surface area contributed by atoms with E-state index in [9.17, 15) is 5.11 Å². The SMILES string of the molecule is [2H]C([2H])([2H])c1ccc(-n2c(-c3cc(C)cc(C(C)(C)C)c3O)nc3c(-c4[c-]c(-c5cc(-c6ccc(C(C)(C)C)cc6)ccn5)cc(C(C)(C)C)c4)cccc32)c(-c2ccccc2)c1.[Pt]. The normalized spacial score (nSPS) is 13.0. The number of aryl methyl sites for hydroxylation is 2. The third kappa shape index (κ3) is 8.66. The summed E-state index contributed by atoms with van der Waals surface area (Å²) < 4.78 is 27.1. The Labute approximate surface area is 381 Å². The first-order valence-electron chi connectivity index (χ1n) is 22.3. The summed E-state index contributed by atoms with van der Waals surface area (Å²) in [5.41, 5.74) is 14.0. The fraction of sp³-hybridized carbons (Fsp3) is 0.250. The summed E-state index contributed by atoms with van der Waals surface area (Å²) in [5, 5.41) is 12.2. The minimum absolute atomic E-state index is 0. The molecule has 0 aliphatic rings. The zero-order valence-corrected chi connectivity index (χ0v) is 39.1. The van der Waals surface area contributed by atoms with E-state index in [1.165, 1.54) is 5.56 Å². The molecule has 0 saturated heterocycles. The molecule has 6 aromatic carbocycles. The molecule has 0 saturated carbocycles. The standard InChI is InChI=1S/C56H56N3O.Pt/c1-35-20-25-49(45(28-35)38-16-13-12-14-17-38)59-50-19-15-18-44(51(50)58-53(59)46-29-36(2)30-47(52(46)60)56(9,10)11)40-31-41(33-43(32-40)55(6,7)8)48-34-39(26-27-57-48)37-21-23-42(24-22-37)54(3,4)5;/h12-30,32-34,60H,1-11H3;/q-1;/i1D3;. The first-order chi connectivity index (χ1) is 29.6. The number of benzene rings is 6. The van der Waals surface area contributed by atoms with Crippen LogP contribution in [0.5, 0.6) is 5.75 Å². The Morgan fingerprint density at radius 1 is 0.590 bits per heavy atom. The van der Waals surface area contributed by atoms with Gasteiger partial charge in [-0.05, 0) is 88.2 Å². The second kappa shape index (κ2) is 16.4. The molecule has 312 valence electrons. The molecule has 2 aromatic heterocycles. The molecular weight excluding hydrogens is 926 g/mol. The number of aromatic hydroxyl groups is 1. The molecule has 0 aliphatic carbocycles. The second-order valence-electron chi connectivity index (χ2n) is 19.2. The molecule has 0 aliphatic heterocycles. The molecule has 0 unspecified atom stereocenters. The van der Waals surface area contributed by atoms with Gasteiger partial charge in [-0.15, -0.1) is 29.3 Å². The molecule has 61 heavy (non-hydrogen) atoms. The van der Waals surface area contributed by atoms with Gasteiger partial charge in [0.2, 0.25) is 0 Å². The molecule has 1 N–H and O–H groups in total. The maximum Gasteiger partial charge on any atom is 0.148 e. The van der Waals surface area contributed by atoms with Crippen LogP contribution in [0, 0.1) is 19.8 Å². The average molecular weight is 985 g/mol. The van der Waals surface area contributed by atoms with Gasteiger partial charge >= 0.3 is 0 Å². The first-order valence-corrected chi connectivity index (χ1v) is 20.8. The first kappa shape index (κ1) is 39.6. The van der Waals surface area contributed by atoms with Crippen LogP contribution < -0.4 is 0 Å². The van der Waals surface area contributed by atoms with Gasteiger partial charge in [0.05, 0.1) is 22.3 Å². The number of aromatic nitrogens is 3. The van der Waals surface area contributed by atoms with Crippen molar-refractivity contribution in [3.8, 4) is 67.5 Å². The summed E-state index contributed by atoms with van der Waals surface area (Å²) in [5.74, 6) is 0.705. The van der Waals surface area contributed by atoms with Gasteiger partial charge in [0.15, 0.2) is 0 Å². The fourth-order valence-corrected chi connectivity index (χ4v) is 8.05. The van der Waals surface area contributed by atoms with Crippen molar-refractivity contribution in [1.82, 2.24) is 14.5 Å². The summed E-state index contributed by atoms with van der Waals surface area (Å²) in [6.07, 6.45) is 1.87. The van der Waals surface area contributed by atoms with Crippen LogP contribution >= 0.6 is 0 Å². The molecule has 2 heterocycles. The van der Waals surface area contributed by atoms with Crippen molar-refractivity contribution in [2.24, 2.45) is 0 Å². The van der Waals surface area contributed by atoms with E-state index in [4.69, 9.17) is 14.1 Å². The van der Waals surface area contributed by atoms with E-state index in [0.717, 1.165) is 78.0 Å². The summed E-state index contributed by atoms with van der Waals surface area (Å²) in [4.78, 5) is 10.4. The molecule has 0 radical (unpaired) electrons. The third-order valence-electron chi connectivity index (χ3n) is 11.5. The number of rotatable bonds is 6. The molecule has 0 fully saturated rings. The molecule has 5 heteroatoms. The van der Waals surface area contributed by atoms with Crippen LogP contribution in [-0.4, -0.2) is 19.6 Å². The van der Waals surface area contributed by atoms with Crippen LogP contribution in [0.3, 0.4) is 0 Å². The van der Waals surface area contributed by atoms with Crippen molar-refractivity contribution < 1.29 is 30.3 Å². The molecule has 0 atom stereocenters. The van der Waals surface area contributed by atoms with E-state index in [1.54, 1.807) is 12.1 Å². The minimum Gasteiger partial charge on any atom is -0.507 e. The number of para-hydroxylation sites is 1. The molecule has 0 spiro atoms.